The molecule has 0 heterocycles. The number of amides is 2. The molecule has 2 N–H and O–H groups in total. The van der Waals surface area contributed by atoms with Crippen LogP contribution >= 0.6 is 0 Å². The smallest absolute Gasteiger partial charge is 0.225 e. The van der Waals surface area contributed by atoms with Crippen molar-refractivity contribution in [1.29, 1.82) is 0 Å². The molecule has 4 heteroatoms. The summed E-state index contributed by atoms with van der Waals surface area (Å²) in [6.45, 7) is 3.05. The summed E-state index contributed by atoms with van der Waals surface area (Å²) in [6.07, 6.45) is 7.92. The Morgan fingerprint density at radius 2 is 2.05 bits per heavy atom. The van der Waals surface area contributed by atoms with Crippen molar-refractivity contribution in [1.82, 2.24) is 10.6 Å². The van der Waals surface area contributed by atoms with E-state index in [-0.39, 0.29) is 17.9 Å². The standard InChI is InChI=1S/C15H24N2O2/c1-15(5-2-6-15)8-16-14(19)12-10-3-4-11(7-10)13(12)17-9-18/h9-13H,2-8H2,1H3,(H,16,19)(H,17,18). The van der Waals surface area contributed by atoms with Crippen LogP contribution < -0.4 is 10.6 Å². The van der Waals surface area contributed by atoms with Gasteiger partial charge in [-0.3, -0.25) is 9.59 Å². The average molecular weight is 264 g/mol. The highest BCUT2D eigenvalue weighted by Crippen LogP contribution is 2.48. The van der Waals surface area contributed by atoms with E-state index in [1.54, 1.807) is 0 Å². The van der Waals surface area contributed by atoms with Crippen LogP contribution in [0.25, 0.3) is 0 Å². The summed E-state index contributed by atoms with van der Waals surface area (Å²) in [6, 6.07) is 0.0745. The highest BCUT2D eigenvalue weighted by molar-refractivity contribution is 5.81. The lowest BCUT2D eigenvalue weighted by molar-refractivity contribution is -0.128. The normalized spacial score (nSPS) is 38.6. The molecule has 0 saturated heterocycles. The van der Waals surface area contributed by atoms with Gasteiger partial charge in [-0.1, -0.05) is 13.3 Å². The van der Waals surface area contributed by atoms with Gasteiger partial charge in [0.1, 0.15) is 0 Å². The highest BCUT2D eigenvalue weighted by atomic mass is 16.2. The van der Waals surface area contributed by atoms with Crippen molar-refractivity contribution in [3.63, 3.8) is 0 Å². The predicted molar refractivity (Wildman–Crippen MR) is 72.3 cm³/mol. The molecule has 19 heavy (non-hydrogen) atoms. The Balaban J connectivity index is 1.60. The van der Waals surface area contributed by atoms with Crippen LogP contribution in [0, 0.1) is 23.2 Å². The van der Waals surface area contributed by atoms with Crippen LogP contribution in [0.5, 0.6) is 0 Å². The number of carbonyl (C=O) groups excluding carboxylic acids is 2. The molecule has 3 aliphatic carbocycles. The van der Waals surface area contributed by atoms with E-state index in [1.165, 1.54) is 19.3 Å². The first kappa shape index (κ1) is 12.9. The maximum atomic E-state index is 12.4. The zero-order chi connectivity index (χ0) is 13.5. The van der Waals surface area contributed by atoms with Gasteiger partial charge in [-0.05, 0) is 49.4 Å². The van der Waals surface area contributed by atoms with E-state index >= 15 is 0 Å². The molecule has 2 bridgehead atoms. The zero-order valence-electron chi connectivity index (χ0n) is 11.7. The Morgan fingerprint density at radius 1 is 1.32 bits per heavy atom. The van der Waals surface area contributed by atoms with E-state index in [0.717, 1.165) is 32.2 Å². The van der Waals surface area contributed by atoms with Crippen molar-refractivity contribution in [3.8, 4) is 0 Å². The molecule has 0 radical (unpaired) electrons. The van der Waals surface area contributed by atoms with E-state index in [2.05, 4.69) is 17.6 Å². The number of rotatable bonds is 5. The van der Waals surface area contributed by atoms with Crippen LogP contribution in [0.2, 0.25) is 0 Å². The van der Waals surface area contributed by atoms with E-state index in [4.69, 9.17) is 0 Å². The summed E-state index contributed by atoms with van der Waals surface area (Å²) >= 11 is 0. The highest BCUT2D eigenvalue weighted by Gasteiger charge is 2.50. The third-order valence-electron chi connectivity index (χ3n) is 5.73. The first-order valence-electron chi connectivity index (χ1n) is 7.60. The third kappa shape index (κ3) is 2.26. The predicted octanol–water partition coefficient (Wildman–Crippen LogP) is 1.45. The fraction of sp³-hybridized carbons (Fsp3) is 0.867. The van der Waals surface area contributed by atoms with Crippen molar-refractivity contribution in [2.75, 3.05) is 6.54 Å². The van der Waals surface area contributed by atoms with E-state index in [9.17, 15) is 9.59 Å². The Bertz CT molecular complexity index is 378. The Labute approximate surface area is 114 Å². The minimum absolute atomic E-state index is 0.00706. The molecule has 0 aromatic rings. The van der Waals surface area contributed by atoms with Crippen LogP contribution in [0.3, 0.4) is 0 Å². The van der Waals surface area contributed by atoms with Gasteiger partial charge in [0.2, 0.25) is 12.3 Å². The van der Waals surface area contributed by atoms with Gasteiger partial charge in [0, 0.05) is 12.6 Å². The minimum Gasteiger partial charge on any atom is -0.355 e. The first-order valence-corrected chi connectivity index (χ1v) is 7.60. The fourth-order valence-electron chi connectivity index (χ4n) is 4.36. The van der Waals surface area contributed by atoms with Gasteiger partial charge in [-0.2, -0.15) is 0 Å². The molecule has 4 unspecified atom stereocenters. The molecule has 3 rings (SSSR count). The second-order valence-corrected chi connectivity index (χ2v) is 7.05. The van der Waals surface area contributed by atoms with Gasteiger partial charge in [0.15, 0.2) is 0 Å². The molecule has 3 saturated carbocycles. The Kier molecular flexibility index (Phi) is 3.27. The number of hydrogen-bond donors (Lipinski definition) is 2. The molecular formula is C15H24N2O2. The van der Waals surface area contributed by atoms with E-state index < -0.39 is 0 Å². The van der Waals surface area contributed by atoms with Crippen LogP contribution in [-0.4, -0.2) is 24.9 Å². The van der Waals surface area contributed by atoms with Gasteiger partial charge < -0.3 is 10.6 Å². The second-order valence-electron chi connectivity index (χ2n) is 7.05. The summed E-state index contributed by atoms with van der Waals surface area (Å²) < 4.78 is 0. The SMILES string of the molecule is CC1(CNC(=O)C2C3CCC(C3)C2NC=O)CCC1. The summed E-state index contributed by atoms with van der Waals surface area (Å²) in [4.78, 5) is 23.2. The molecule has 3 fully saturated rings. The molecule has 0 aromatic carbocycles. The molecule has 4 nitrogen and oxygen atoms in total. The zero-order valence-corrected chi connectivity index (χ0v) is 11.7. The molecule has 106 valence electrons. The van der Waals surface area contributed by atoms with Crippen LogP contribution in [0.15, 0.2) is 0 Å². The minimum atomic E-state index is 0.00706. The van der Waals surface area contributed by atoms with Crippen molar-refractivity contribution in [3.05, 3.63) is 0 Å². The van der Waals surface area contributed by atoms with Crippen molar-refractivity contribution in [2.24, 2.45) is 23.2 Å². The molecule has 3 aliphatic rings. The maximum absolute atomic E-state index is 12.4. The average Bonchev–Trinajstić information content (AvgIpc) is 2.95. The largest absolute Gasteiger partial charge is 0.355 e. The van der Waals surface area contributed by atoms with Gasteiger partial charge >= 0.3 is 0 Å². The van der Waals surface area contributed by atoms with Crippen molar-refractivity contribution >= 4 is 12.3 Å². The maximum Gasteiger partial charge on any atom is 0.225 e. The molecule has 0 aromatic heterocycles. The lowest BCUT2D eigenvalue weighted by Crippen LogP contribution is -2.50. The van der Waals surface area contributed by atoms with Crippen LogP contribution in [0.1, 0.15) is 45.4 Å². The van der Waals surface area contributed by atoms with Gasteiger partial charge in [0.05, 0.1) is 5.92 Å². The van der Waals surface area contributed by atoms with Crippen LogP contribution in [-0.2, 0) is 9.59 Å². The molecule has 0 aliphatic heterocycles. The summed E-state index contributed by atoms with van der Waals surface area (Å²) in [5.41, 5.74) is 0.320. The molecule has 4 atom stereocenters. The Hall–Kier alpha value is -1.06. The summed E-state index contributed by atoms with van der Waals surface area (Å²) in [5.74, 6) is 1.18. The van der Waals surface area contributed by atoms with E-state index in [0.29, 0.717) is 17.3 Å². The van der Waals surface area contributed by atoms with E-state index in [1.807, 2.05) is 0 Å². The fourth-order valence-corrected chi connectivity index (χ4v) is 4.36. The third-order valence-corrected chi connectivity index (χ3v) is 5.73. The monoisotopic (exact) mass is 264 g/mol. The lowest BCUT2D eigenvalue weighted by atomic mass is 9.70. The number of hydrogen-bond acceptors (Lipinski definition) is 2. The Morgan fingerprint density at radius 3 is 2.68 bits per heavy atom. The summed E-state index contributed by atoms with van der Waals surface area (Å²) in [5, 5.41) is 6.04. The second kappa shape index (κ2) is 4.80. The number of nitrogens with one attached hydrogen (secondary N) is 2. The van der Waals surface area contributed by atoms with Crippen molar-refractivity contribution < 1.29 is 9.59 Å². The van der Waals surface area contributed by atoms with Crippen molar-refractivity contribution in [2.45, 2.75) is 51.5 Å². The topological polar surface area (TPSA) is 58.2 Å². The quantitative estimate of drug-likeness (QED) is 0.738. The molecular weight excluding hydrogens is 240 g/mol. The van der Waals surface area contributed by atoms with Gasteiger partial charge in [-0.25, -0.2) is 0 Å². The molecule has 0 spiro atoms. The van der Waals surface area contributed by atoms with Gasteiger partial charge in [0.25, 0.3) is 0 Å². The number of fused-ring (bicyclic) bond motifs is 2. The molecule has 2 amide bonds. The van der Waals surface area contributed by atoms with Gasteiger partial charge in [-0.15, -0.1) is 0 Å². The lowest BCUT2D eigenvalue weighted by Gasteiger charge is -2.39. The summed E-state index contributed by atoms with van der Waals surface area (Å²) in [7, 11) is 0. The number of carbonyl (C=O) groups is 2. The first-order chi connectivity index (χ1) is 9.13. The van der Waals surface area contributed by atoms with Crippen LogP contribution in [0.4, 0.5) is 0 Å².